The van der Waals surface area contributed by atoms with Gasteiger partial charge in [-0.25, -0.2) is 4.98 Å². The SMILES string of the molecule is CNCc1cc(OCc2cccs2)nc2ccccc12. The molecule has 0 aliphatic heterocycles. The van der Waals surface area contributed by atoms with Crippen LogP contribution in [0, 0.1) is 0 Å². The van der Waals surface area contributed by atoms with Gasteiger partial charge in [0.25, 0.3) is 0 Å². The van der Waals surface area contributed by atoms with Crippen LogP contribution in [0.15, 0.2) is 47.8 Å². The van der Waals surface area contributed by atoms with Crippen molar-refractivity contribution < 1.29 is 4.74 Å². The Morgan fingerprint density at radius 3 is 2.90 bits per heavy atom. The average Bonchev–Trinajstić information content (AvgIpc) is 2.99. The molecule has 0 unspecified atom stereocenters. The van der Waals surface area contributed by atoms with Crippen molar-refractivity contribution in [1.82, 2.24) is 10.3 Å². The van der Waals surface area contributed by atoms with Crippen LogP contribution in [-0.4, -0.2) is 12.0 Å². The summed E-state index contributed by atoms with van der Waals surface area (Å²) in [6.45, 7) is 1.38. The second-order valence-electron chi connectivity index (χ2n) is 4.54. The molecule has 0 aliphatic rings. The molecule has 0 aliphatic carbocycles. The van der Waals surface area contributed by atoms with E-state index in [0.29, 0.717) is 12.5 Å². The van der Waals surface area contributed by atoms with Gasteiger partial charge in [-0.1, -0.05) is 24.3 Å². The number of fused-ring (bicyclic) bond motifs is 1. The van der Waals surface area contributed by atoms with E-state index in [4.69, 9.17) is 4.74 Å². The standard InChI is InChI=1S/C16H16N2OS/c1-17-10-12-9-16(19-11-13-5-4-8-20-13)18-15-7-3-2-6-14(12)15/h2-9,17H,10-11H2,1H3. The molecule has 1 aromatic carbocycles. The zero-order chi connectivity index (χ0) is 13.8. The molecule has 0 saturated heterocycles. The van der Waals surface area contributed by atoms with Gasteiger partial charge in [0.2, 0.25) is 5.88 Å². The molecular formula is C16H16N2OS. The molecule has 0 fully saturated rings. The third-order valence-corrected chi connectivity index (χ3v) is 3.94. The number of hydrogen-bond donors (Lipinski definition) is 1. The second kappa shape index (κ2) is 6.03. The molecule has 0 spiro atoms. The molecule has 2 heterocycles. The fraction of sp³-hybridized carbons (Fsp3) is 0.188. The van der Waals surface area contributed by atoms with Crippen molar-refractivity contribution in [3.63, 3.8) is 0 Å². The first-order valence-corrected chi connectivity index (χ1v) is 7.43. The van der Waals surface area contributed by atoms with Crippen LogP contribution in [0.4, 0.5) is 0 Å². The average molecular weight is 284 g/mol. The number of nitrogens with one attached hydrogen (secondary N) is 1. The Morgan fingerprint density at radius 2 is 2.10 bits per heavy atom. The summed E-state index contributed by atoms with van der Waals surface area (Å²) in [7, 11) is 1.95. The van der Waals surface area contributed by atoms with Gasteiger partial charge in [0.05, 0.1) is 5.52 Å². The quantitative estimate of drug-likeness (QED) is 0.777. The summed E-state index contributed by atoms with van der Waals surface area (Å²) in [5.74, 6) is 0.683. The summed E-state index contributed by atoms with van der Waals surface area (Å²) in [4.78, 5) is 5.78. The molecule has 2 aromatic heterocycles. The van der Waals surface area contributed by atoms with Gasteiger partial charge >= 0.3 is 0 Å². The highest BCUT2D eigenvalue weighted by Gasteiger charge is 2.06. The van der Waals surface area contributed by atoms with Crippen molar-refractivity contribution in [3.05, 3.63) is 58.3 Å². The molecule has 0 saturated carbocycles. The number of nitrogens with zero attached hydrogens (tertiary/aromatic N) is 1. The van der Waals surface area contributed by atoms with Gasteiger partial charge in [-0.3, -0.25) is 0 Å². The van der Waals surface area contributed by atoms with Crippen LogP contribution in [0.2, 0.25) is 0 Å². The Morgan fingerprint density at radius 1 is 1.20 bits per heavy atom. The predicted molar refractivity (Wildman–Crippen MR) is 83.2 cm³/mol. The van der Waals surface area contributed by atoms with Crippen molar-refractivity contribution in [2.45, 2.75) is 13.2 Å². The molecule has 0 atom stereocenters. The first-order chi connectivity index (χ1) is 9.86. The Kier molecular flexibility index (Phi) is 3.95. The van der Waals surface area contributed by atoms with E-state index >= 15 is 0 Å². The minimum Gasteiger partial charge on any atom is -0.472 e. The third-order valence-electron chi connectivity index (χ3n) is 3.09. The minimum absolute atomic E-state index is 0.571. The van der Waals surface area contributed by atoms with E-state index in [0.717, 1.165) is 12.1 Å². The van der Waals surface area contributed by atoms with E-state index in [2.05, 4.69) is 27.8 Å². The normalized spacial score (nSPS) is 10.8. The van der Waals surface area contributed by atoms with Gasteiger partial charge in [0.15, 0.2) is 0 Å². The Balaban J connectivity index is 1.90. The van der Waals surface area contributed by atoms with Gasteiger partial charge in [-0.2, -0.15) is 0 Å². The maximum absolute atomic E-state index is 5.82. The van der Waals surface area contributed by atoms with E-state index in [1.54, 1.807) is 11.3 Å². The van der Waals surface area contributed by atoms with Gasteiger partial charge in [0.1, 0.15) is 6.61 Å². The number of para-hydroxylation sites is 1. The molecule has 3 nitrogen and oxygen atoms in total. The molecule has 0 amide bonds. The highest BCUT2D eigenvalue weighted by atomic mass is 32.1. The van der Waals surface area contributed by atoms with Crippen molar-refractivity contribution in [2.24, 2.45) is 0 Å². The maximum Gasteiger partial charge on any atom is 0.214 e. The van der Waals surface area contributed by atoms with Crippen molar-refractivity contribution in [3.8, 4) is 5.88 Å². The van der Waals surface area contributed by atoms with Crippen molar-refractivity contribution in [1.29, 1.82) is 0 Å². The molecule has 20 heavy (non-hydrogen) atoms. The summed E-state index contributed by atoms with van der Waals surface area (Å²) < 4.78 is 5.82. The van der Waals surface area contributed by atoms with Gasteiger partial charge < -0.3 is 10.1 Å². The second-order valence-corrected chi connectivity index (χ2v) is 5.57. The lowest BCUT2D eigenvalue weighted by atomic mass is 10.1. The smallest absolute Gasteiger partial charge is 0.214 e. The highest BCUT2D eigenvalue weighted by Crippen LogP contribution is 2.23. The Bertz CT molecular complexity index is 695. The van der Waals surface area contributed by atoms with Gasteiger partial charge in [0, 0.05) is 22.9 Å². The predicted octanol–water partition coefficient (Wildman–Crippen LogP) is 3.59. The molecule has 1 N–H and O–H groups in total. The topological polar surface area (TPSA) is 34.1 Å². The van der Waals surface area contributed by atoms with E-state index in [1.807, 2.05) is 37.4 Å². The maximum atomic E-state index is 5.82. The highest BCUT2D eigenvalue weighted by molar-refractivity contribution is 7.09. The third kappa shape index (κ3) is 2.81. The molecule has 0 radical (unpaired) electrons. The lowest BCUT2D eigenvalue weighted by Gasteiger charge is -2.10. The number of aromatic nitrogens is 1. The molecule has 4 heteroatoms. The van der Waals surface area contributed by atoms with E-state index < -0.39 is 0 Å². The van der Waals surface area contributed by atoms with Crippen LogP contribution in [0.1, 0.15) is 10.4 Å². The number of ether oxygens (including phenoxy) is 1. The Hall–Kier alpha value is -1.91. The van der Waals surface area contributed by atoms with Crippen molar-refractivity contribution in [2.75, 3.05) is 7.05 Å². The number of rotatable bonds is 5. The lowest BCUT2D eigenvalue weighted by Crippen LogP contribution is -2.07. The molecule has 3 rings (SSSR count). The van der Waals surface area contributed by atoms with E-state index in [-0.39, 0.29) is 0 Å². The first kappa shape index (κ1) is 13.1. The zero-order valence-corrected chi connectivity index (χ0v) is 12.1. The largest absolute Gasteiger partial charge is 0.472 e. The lowest BCUT2D eigenvalue weighted by molar-refractivity contribution is 0.298. The van der Waals surface area contributed by atoms with Crippen LogP contribution < -0.4 is 10.1 Å². The van der Waals surface area contributed by atoms with Crippen molar-refractivity contribution >= 4 is 22.2 Å². The number of pyridine rings is 1. The zero-order valence-electron chi connectivity index (χ0n) is 11.3. The van der Waals surface area contributed by atoms with Gasteiger partial charge in [-0.05, 0) is 30.1 Å². The summed E-state index contributed by atoms with van der Waals surface area (Å²) in [6.07, 6.45) is 0. The summed E-state index contributed by atoms with van der Waals surface area (Å²) >= 11 is 1.70. The van der Waals surface area contributed by atoms with Crippen LogP contribution in [0.25, 0.3) is 10.9 Å². The Labute approximate surface area is 122 Å². The van der Waals surface area contributed by atoms with E-state index in [9.17, 15) is 0 Å². The molecular weight excluding hydrogens is 268 g/mol. The van der Waals surface area contributed by atoms with Crippen LogP contribution >= 0.6 is 11.3 Å². The van der Waals surface area contributed by atoms with Gasteiger partial charge in [-0.15, -0.1) is 11.3 Å². The minimum atomic E-state index is 0.571. The number of thiophene rings is 1. The summed E-state index contributed by atoms with van der Waals surface area (Å²) in [6, 6.07) is 14.3. The molecule has 3 aromatic rings. The summed E-state index contributed by atoms with van der Waals surface area (Å²) in [5, 5.41) is 6.42. The summed E-state index contributed by atoms with van der Waals surface area (Å²) in [5.41, 5.74) is 2.18. The fourth-order valence-corrected chi connectivity index (χ4v) is 2.79. The fourth-order valence-electron chi connectivity index (χ4n) is 2.17. The van der Waals surface area contributed by atoms with E-state index in [1.165, 1.54) is 15.8 Å². The molecule has 0 bridgehead atoms. The van der Waals surface area contributed by atoms with Crippen LogP contribution in [-0.2, 0) is 13.2 Å². The first-order valence-electron chi connectivity index (χ1n) is 6.55. The van der Waals surface area contributed by atoms with Crippen LogP contribution in [0.3, 0.4) is 0 Å². The monoisotopic (exact) mass is 284 g/mol. The number of benzene rings is 1. The number of hydrogen-bond acceptors (Lipinski definition) is 4. The molecule has 102 valence electrons. The van der Waals surface area contributed by atoms with Crippen LogP contribution in [0.5, 0.6) is 5.88 Å².